The van der Waals surface area contributed by atoms with Crippen molar-refractivity contribution in [3.05, 3.63) is 60.7 Å². The van der Waals surface area contributed by atoms with Crippen LogP contribution in [-0.2, 0) is 4.79 Å². The van der Waals surface area contributed by atoms with Gasteiger partial charge in [-0.05, 0) is 12.5 Å². The lowest BCUT2D eigenvalue weighted by atomic mass is 10.1. The average Bonchev–Trinajstić information content (AvgIpc) is 2.87. The summed E-state index contributed by atoms with van der Waals surface area (Å²) >= 11 is 0. The molecule has 0 aliphatic rings. The molecular weight excluding hydrogens is 245 g/mol. The highest BCUT2D eigenvalue weighted by Crippen LogP contribution is 2.18. The van der Waals surface area contributed by atoms with E-state index in [4.69, 9.17) is 0 Å². The van der Waals surface area contributed by atoms with Crippen LogP contribution in [0.25, 0.3) is 0 Å². The quantitative estimate of drug-likeness (QED) is 0.858. The number of hydrogen-bond acceptors (Lipinski definition) is 2. The molecule has 0 saturated heterocycles. The molecular formula is C14H14FN3O. The fourth-order valence-electron chi connectivity index (χ4n) is 1.70. The van der Waals surface area contributed by atoms with Gasteiger partial charge in [-0.15, -0.1) is 0 Å². The number of rotatable bonds is 4. The van der Waals surface area contributed by atoms with Crippen LogP contribution in [0.5, 0.6) is 0 Å². The molecule has 98 valence electrons. The Morgan fingerprint density at radius 3 is 2.74 bits per heavy atom. The van der Waals surface area contributed by atoms with Crippen LogP contribution in [0.15, 0.2) is 55.1 Å². The summed E-state index contributed by atoms with van der Waals surface area (Å²) < 4.78 is 14.3. The van der Waals surface area contributed by atoms with Crippen LogP contribution in [0.1, 0.15) is 18.5 Å². The summed E-state index contributed by atoms with van der Waals surface area (Å²) in [4.78, 5) is 11.1. The van der Waals surface area contributed by atoms with Crippen molar-refractivity contribution in [3.8, 4) is 0 Å². The Bertz CT molecular complexity index is 592. The molecule has 1 aromatic heterocycles. The second-order valence-corrected chi connectivity index (χ2v) is 4.15. The van der Waals surface area contributed by atoms with Crippen molar-refractivity contribution in [2.24, 2.45) is 0 Å². The summed E-state index contributed by atoms with van der Waals surface area (Å²) in [6.45, 7) is 4.92. The number of hydrogen-bond donors (Lipinski definition) is 1. The summed E-state index contributed by atoms with van der Waals surface area (Å²) in [6.07, 6.45) is 3.12. The van der Waals surface area contributed by atoms with Crippen LogP contribution < -0.4 is 5.32 Å². The summed E-state index contributed by atoms with van der Waals surface area (Å²) in [5.74, 6) is -1.88. The second kappa shape index (κ2) is 5.48. The molecule has 2 aromatic rings. The first-order chi connectivity index (χ1) is 9.08. The molecule has 1 aromatic carbocycles. The van der Waals surface area contributed by atoms with E-state index in [2.05, 4.69) is 17.0 Å². The zero-order chi connectivity index (χ0) is 13.8. The fourth-order valence-corrected chi connectivity index (χ4v) is 1.70. The number of nitrogens with zero attached hydrogens (tertiary/aromatic N) is 2. The van der Waals surface area contributed by atoms with Crippen molar-refractivity contribution in [3.63, 3.8) is 0 Å². The van der Waals surface area contributed by atoms with E-state index in [1.165, 1.54) is 6.20 Å². The topological polar surface area (TPSA) is 46.9 Å². The minimum atomic E-state index is -1.02. The van der Waals surface area contributed by atoms with Crippen molar-refractivity contribution < 1.29 is 9.18 Å². The molecule has 1 atom stereocenters. The van der Waals surface area contributed by atoms with Crippen LogP contribution >= 0.6 is 0 Å². The Hall–Kier alpha value is -2.43. The third-order valence-electron chi connectivity index (χ3n) is 2.78. The van der Waals surface area contributed by atoms with E-state index >= 15 is 0 Å². The number of nitrogens with one attached hydrogen (secondary N) is 1. The molecule has 19 heavy (non-hydrogen) atoms. The highest BCUT2D eigenvalue weighted by Gasteiger charge is 2.11. The van der Waals surface area contributed by atoms with Crippen LogP contribution in [0.2, 0.25) is 0 Å². The Labute approximate surface area is 110 Å². The molecule has 2 rings (SSSR count). The maximum absolute atomic E-state index is 12.6. The van der Waals surface area contributed by atoms with Crippen LogP contribution in [0.3, 0.4) is 0 Å². The van der Waals surface area contributed by atoms with E-state index in [-0.39, 0.29) is 6.04 Å². The second-order valence-electron chi connectivity index (χ2n) is 4.15. The van der Waals surface area contributed by atoms with Crippen molar-refractivity contribution in [2.45, 2.75) is 13.0 Å². The number of carbonyl (C=O) groups is 1. The first-order valence-electron chi connectivity index (χ1n) is 5.83. The van der Waals surface area contributed by atoms with Gasteiger partial charge in [-0.3, -0.25) is 9.48 Å². The van der Waals surface area contributed by atoms with Gasteiger partial charge in [0.25, 0.3) is 5.91 Å². The van der Waals surface area contributed by atoms with Gasteiger partial charge >= 0.3 is 0 Å². The largest absolute Gasteiger partial charge is 0.317 e. The lowest BCUT2D eigenvalue weighted by Gasteiger charge is -2.12. The van der Waals surface area contributed by atoms with E-state index < -0.39 is 11.7 Å². The zero-order valence-electron chi connectivity index (χ0n) is 10.5. The summed E-state index contributed by atoms with van der Waals surface area (Å²) in [5.41, 5.74) is 1.53. The molecule has 1 heterocycles. The van der Waals surface area contributed by atoms with E-state index in [1.54, 1.807) is 10.9 Å². The van der Waals surface area contributed by atoms with Gasteiger partial charge in [0.2, 0.25) is 0 Å². The minimum Gasteiger partial charge on any atom is -0.317 e. The highest BCUT2D eigenvalue weighted by atomic mass is 19.1. The Morgan fingerprint density at radius 2 is 2.11 bits per heavy atom. The lowest BCUT2D eigenvalue weighted by Crippen LogP contribution is -2.11. The average molecular weight is 259 g/mol. The monoisotopic (exact) mass is 259 g/mol. The van der Waals surface area contributed by atoms with Gasteiger partial charge in [0.1, 0.15) is 0 Å². The van der Waals surface area contributed by atoms with Gasteiger partial charge in [-0.2, -0.15) is 5.10 Å². The van der Waals surface area contributed by atoms with E-state index in [1.807, 2.05) is 37.3 Å². The van der Waals surface area contributed by atoms with Crippen LogP contribution in [0, 0.1) is 0 Å². The lowest BCUT2D eigenvalue weighted by molar-refractivity contribution is -0.114. The van der Waals surface area contributed by atoms with E-state index in [9.17, 15) is 9.18 Å². The Morgan fingerprint density at radius 1 is 1.42 bits per heavy atom. The molecule has 5 heteroatoms. The molecule has 0 radical (unpaired) electrons. The van der Waals surface area contributed by atoms with Crippen LogP contribution in [0.4, 0.5) is 10.1 Å². The summed E-state index contributed by atoms with van der Waals surface area (Å²) in [7, 11) is 0. The number of amides is 1. The van der Waals surface area contributed by atoms with Gasteiger partial charge in [0.05, 0.1) is 17.9 Å². The van der Waals surface area contributed by atoms with Crippen molar-refractivity contribution >= 4 is 11.6 Å². The molecule has 0 bridgehead atoms. The molecule has 0 spiro atoms. The predicted molar refractivity (Wildman–Crippen MR) is 71.4 cm³/mol. The number of aromatic nitrogens is 2. The van der Waals surface area contributed by atoms with Crippen molar-refractivity contribution in [2.75, 3.05) is 5.32 Å². The Balaban J connectivity index is 2.13. The molecule has 0 aliphatic heterocycles. The number of anilines is 1. The van der Waals surface area contributed by atoms with Gasteiger partial charge < -0.3 is 5.32 Å². The molecule has 1 unspecified atom stereocenters. The molecule has 1 amide bonds. The number of halogens is 1. The van der Waals surface area contributed by atoms with E-state index in [0.29, 0.717) is 5.69 Å². The maximum Gasteiger partial charge on any atom is 0.283 e. The normalized spacial score (nSPS) is 11.9. The molecule has 1 N–H and O–H groups in total. The SMILES string of the molecule is C=C(F)C(=O)Nc1cnn(C(C)c2ccccc2)c1. The fraction of sp³-hybridized carbons (Fsp3) is 0.143. The number of benzene rings is 1. The van der Waals surface area contributed by atoms with Gasteiger partial charge in [-0.25, -0.2) is 4.39 Å². The van der Waals surface area contributed by atoms with Crippen molar-refractivity contribution in [1.29, 1.82) is 0 Å². The maximum atomic E-state index is 12.6. The highest BCUT2D eigenvalue weighted by molar-refractivity contribution is 6.01. The first-order valence-corrected chi connectivity index (χ1v) is 5.83. The summed E-state index contributed by atoms with van der Waals surface area (Å²) in [5, 5.41) is 6.53. The standard InChI is InChI=1S/C14H14FN3O/c1-10(15)14(19)17-13-8-16-18(9-13)11(2)12-6-4-3-5-7-12/h3-9,11H,1H2,2H3,(H,17,19). The van der Waals surface area contributed by atoms with Crippen LogP contribution in [-0.4, -0.2) is 15.7 Å². The van der Waals surface area contributed by atoms with Crippen molar-refractivity contribution in [1.82, 2.24) is 9.78 Å². The van der Waals surface area contributed by atoms with Gasteiger partial charge in [0, 0.05) is 6.20 Å². The molecule has 4 nitrogen and oxygen atoms in total. The first kappa shape index (κ1) is 13.0. The third-order valence-corrected chi connectivity index (χ3v) is 2.78. The summed E-state index contributed by atoms with van der Waals surface area (Å²) in [6, 6.07) is 9.86. The van der Waals surface area contributed by atoms with Gasteiger partial charge in [-0.1, -0.05) is 36.9 Å². The molecule has 0 saturated carbocycles. The van der Waals surface area contributed by atoms with E-state index in [0.717, 1.165) is 5.56 Å². The predicted octanol–water partition coefficient (Wildman–Crippen LogP) is 2.91. The smallest absolute Gasteiger partial charge is 0.283 e. The molecule has 0 fully saturated rings. The molecule has 0 aliphatic carbocycles. The van der Waals surface area contributed by atoms with Gasteiger partial charge in [0.15, 0.2) is 5.83 Å². The zero-order valence-corrected chi connectivity index (χ0v) is 10.5. The number of carbonyl (C=O) groups excluding carboxylic acids is 1. The Kier molecular flexibility index (Phi) is 3.75. The minimum absolute atomic E-state index is 0.0282. The third kappa shape index (κ3) is 3.07.